The van der Waals surface area contributed by atoms with E-state index in [1.807, 2.05) is 128 Å². The highest BCUT2D eigenvalue weighted by Gasteiger charge is 2.44. The van der Waals surface area contributed by atoms with Crippen LogP contribution in [0, 0.1) is 22.7 Å². The fourth-order valence-corrected chi connectivity index (χ4v) is 11.2. The summed E-state index contributed by atoms with van der Waals surface area (Å²) >= 11 is 5.19. The molecule has 0 spiro atoms. The van der Waals surface area contributed by atoms with Gasteiger partial charge in [0.15, 0.2) is 0 Å². The van der Waals surface area contributed by atoms with E-state index in [-0.39, 0.29) is 52.6 Å². The number of amides is 5. The molecule has 1 aromatic heterocycles. The number of nitrogens with one attached hydrogen (secondary N) is 5. The van der Waals surface area contributed by atoms with Crippen LogP contribution in [0.5, 0.6) is 0 Å². The molecule has 2 aromatic rings. The van der Waals surface area contributed by atoms with Gasteiger partial charge in [-0.3, -0.25) is 29.0 Å². The van der Waals surface area contributed by atoms with Gasteiger partial charge in [0.25, 0.3) is 0 Å². The van der Waals surface area contributed by atoms with Crippen molar-refractivity contribution in [2.75, 3.05) is 24.6 Å². The Bertz CT molecular complexity index is 1810. The lowest BCUT2D eigenvalue weighted by molar-refractivity contribution is -0.140. The van der Waals surface area contributed by atoms with Gasteiger partial charge in [-0.25, -0.2) is 4.98 Å². The Morgan fingerprint density at radius 2 is 1.59 bits per heavy atom. The first-order valence-electron chi connectivity index (χ1n) is 21.7. The second-order valence-electron chi connectivity index (χ2n) is 18.7. The maximum absolute atomic E-state index is 15.0. The summed E-state index contributed by atoms with van der Waals surface area (Å²) in [5, 5.41) is 18.7. The van der Waals surface area contributed by atoms with E-state index in [1.165, 1.54) is 11.3 Å². The van der Waals surface area contributed by atoms with Crippen LogP contribution in [0.25, 0.3) is 0 Å². The Morgan fingerprint density at radius 3 is 2.15 bits per heavy atom. The number of thiazole rings is 1. The number of benzene rings is 1. The quantitative estimate of drug-likeness (QED) is 0.132. The van der Waals surface area contributed by atoms with Gasteiger partial charge in [-0.1, -0.05) is 113 Å². The number of fused-ring (bicyclic) bond motifs is 1. The maximum Gasteiger partial charge on any atom is 0.244 e. The van der Waals surface area contributed by atoms with Crippen molar-refractivity contribution in [2.24, 2.45) is 27.7 Å². The summed E-state index contributed by atoms with van der Waals surface area (Å²) < 4.78 is 0.236. The maximum atomic E-state index is 15.0. The Morgan fingerprint density at radius 1 is 0.934 bits per heavy atom. The molecule has 13 nitrogen and oxygen atoms in total. The number of thioether (sulfide) groups is 2. The summed E-state index contributed by atoms with van der Waals surface area (Å²) in [6.45, 7) is 23.6. The summed E-state index contributed by atoms with van der Waals surface area (Å²) in [4.78, 5) is 82.5. The van der Waals surface area contributed by atoms with E-state index >= 15 is 0 Å². The predicted octanol–water partition coefficient (Wildman–Crippen LogP) is 6.14. The van der Waals surface area contributed by atoms with Crippen molar-refractivity contribution in [1.29, 1.82) is 0 Å². The van der Waals surface area contributed by atoms with Gasteiger partial charge in [0.1, 0.15) is 41.6 Å². The van der Waals surface area contributed by atoms with Crippen molar-refractivity contribution in [3.8, 4) is 0 Å². The van der Waals surface area contributed by atoms with Gasteiger partial charge < -0.3 is 31.5 Å². The van der Waals surface area contributed by atoms with Crippen molar-refractivity contribution in [3.05, 3.63) is 52.5 Å². The lowest BCUT2D eigenvalue weighted by Crippen LogP contribution is -2.65. The standard InChI is InChI=1S/C45H70N8O5S3/c1-13-59-32(60-14-2)24-30(43-46-21-23-61-43)48-40(56)34(28(6)29-18-16-15-17-19-29)50-42(58)37(45(10,11)12)51-38-36(44(7,8)9)52-39(55)33(26(3)4)49-41(57)35-27(5)20-22-53(35)31(54)25-47-38/h15-19,21,23,26-28,30,32-37H,13-14,20,22,24-25H2,1-12H3,(H,47,51)(H,48,56)(H,49,57)(H,50,58)(H,52,55)/t27-,28?,30+,33+,34+,35+,36-,37-/m1/s1. The zero-order valence-corrected chi connectivity index (χ0v) is 40.6. The largest absolute Gasteiger partial charge is 0.360 e. The Labute approximate surface area is 376 Å². The number of carbonyl (C=O) groups is 5. The van der Waals surface area contributed by atoms with E-state index in [0.29, 0.717) is 19.4 Å². The Balaban J connectivity index is 1.76. The van der Waals surface area contributed by atoms with Crippen LogP contribution in [0.2, 0.25) is 0 Å². The van der Waals surface area contributed by atoms with E-state index in [2.05, 4.69) is 45.4 Å². The first-order valence-corrected chi connectivity index (χ1v) is 24.6. The molecule has 1 unspecified atom stereocenters. The minimum Gasteiger partial charge on any atom is -0.360 e. The molecule has 8 atom stereocenters. The minimum absolute atomic E-state index is 0.104. The van der Waals surface area contributed by atoms with Gasteiger partial charge in [-0.05, 0) is 52.6 Å². The molecule has 5 amide bonds. The van der Waals surface area contributed by atoms with Crippen LogP contribution >= 0.6 is 34.9 Å². The number of hydrogen-bond donors (Lipinski definition) is 5. The zero-order valence-electron chi connectivity index (χ0n) is 38.2. The number of aliphatic imine (C=N–C) groups is 1. The average Bonchev–Trinajstić information content (AvgIpc) is 3.87. The molecule has 0 radical (unpaired) electrons. The molecule has 0 aliphatic carbocycles. The number of aromatic nitrogens is 1. The predicted molar refractivity (Wildman–Crippen MR) is 251 cm³/mol. The first-order chi connectivity index (χ1) is 28.7. The van der Waals surface area contributed by atoms with Gasteiger partial charge in [-0.2, -0.15) is 0 Å². The number of carbonyl (C=O) groups excluding carboxylic acids is 5. The first kappa shape index (κ1) is 50.0. The molecule has 1 saturated heterocycles. The molecule has 338 valence electrons. The van der Waals surface area contributed by atoms with Crippen LogP contribution in [0.4, 0.5) is 0 Å². The fourth-order valence-electron chi connectivity index (χ4n) is 7.86. The van der Waals surface area contributed by atoms with Crippen molar-refractivity contribution >= 4 is 70.2 Å². The Kier molecular flexibility index (Phi) is 18.1. The van der Waals surface area contributed by atoms with Gasteiger partial charge in [0.05, 0.1) is 16.7 Å². The summed E-state index contributed by atoms with van der Waals surface area (Å²) in [6, 6.07) is 4.91. The van der Waals surface area contributed by atoms with E-state index in [4.69, 9.17) is 4.99 Å². The third kappa shape index (κ3) is 13.4. The van der Waals surface area contributed by atoms with Crippen molar-refractivity contribution < 1.29 is 24.0 Å². The summed E-state index contributed by atoms with van der Waals surface area (Å²) in [5.41, 5.74) is -0.531. The van der Waals surface area contributed by atoms with Gasteiger partial charge in [0.2, 0.25) is 29.5 Å². The van der Waals surface area contributed by atoms with Gasteiger partial charge >= 0.3 is 0 Å². The lowest BCUT2D eigenvalue weighted by atomic mass is 9.82. The van der Waals surface area contributed by atoms with Crippen LogP contribution in [-0.4, -0.2) is 105 Å². The SMILES string of the molecule is CCSC(C[C@H](NC(=O)[C@@H](NC(=O)[C@@H](NC1=NCC(=O)N2CC[C@@H](C)[C@H]2C(=O)N[C@@H](C(C)C)C(=O)N[C@H]1C(C)(C)C)C(C)(C)C)C(C)c1ccccc1)c1nccs1)SCC. The van der Waals surface area contributed by atoms with Crippen LogP contribution < -0.4 is 26.6 Å². The summed E-state index contributed by atoms with van der Waals surface area (Å²) in [7, 11) is 0. The number of nitrogens with zero attached hydrogens (tertiary/aromatic N) is 3. The highest BCUT2D eigenvalue weighted by Crippen LogP contribution is 2.34. The van der Waals surface area contributed by atoms with E-state index in [0.717, 1.165) is 22.1 Å². The smallest absolute Gasteiger partial charge is 0.244 e. The molecule has 4 rings (SSSR count). The summed E-state index contributed by atoms with van der Waals surface area (Å²) in [6.07, 6.45) is 3.05. The summed E-state index contributed by atoms with van der Waals surface area (Å²) in [5.74, 6) is -0.490. The molecule has 3 heterocycles. The van der Waals surface area contributed by atoms with E-state index < -0.39 is 58.8 Å². The van der Waals surface area contributed by atoms with Crippen LogP contribution in [-0.2, 0) is 24.0 Å². The fraction of sp³-hybridized carbons (Fsp3) is 0.667. The normalized spacial score (nSPS) is 22.5. The highest BCUT2D eigenvalue weighted by molar-refractivity contribution is 8.16. The third-order valence-electron chi connectivity index (χ3n) is 11.4. The number of rotatable bonds is 15. The zero-order chi connectivity index (χ0) is 45.2. The van der Waals surface area contributed by atoms with Crippen molar-refractivity contribution in [1.82, 2.24) is 36.5 Å². The molecule has 2 aliphatic heterocycles. The topological polar surface area (TPSA) is 174 Å². The molecule has 0 saturated carbocycles. The molecule has 1 aromatic carbocycles. The number of amidine groups is 1. The molecule has 1 fully saturated rings. The molecule has 5 N–H and O–H groups in total. The van der Waals surface area contributed by atoms with E-state index in [1.54, 1.807) is 11.1 Å². The monoisotopic (exact) mass is 898 g/mol. The van der Waals surface area contributed by atoms with Crippen LogP contribution in [0.1, 0.15) is 118 Å². The van der Waals surface area contributed by atoms with Crippen molar-refractivity contribution in [2.45, 2.75) is 143 Å². The average molecular weight is 899 g/mol. The molecular formula is C45H70N8O5S3. The van der Waals surface area contributed by atoms with Crippen LogP contribution in [0.3, 0.4) is 0 Å². The third-order valence-corrected chi connectivity index (χ3v) is 14.9. The minimum atomic E-state index is -0.984. The van der Waals surface area contributed by atoms with E-state index in [9.17, 15) is 24.0 Å². The molecule has 2 aliphatic rings. The van der Waals surface area contributed by atoms with Gasteiger partial charge in [-0.15, -0.1) is 34.9 Å². The molecule has 16 heteroatoms. The highest BCUT2D eigenvalue weighted by atomic mass is 32.2. The molecular weight excluding hydrogens is 829 g/mol. The van der Waals surface area contributed by atoms with Crippen LogP contribution in [0.15, 0.2) is 46.9 Å². The molecule has 0 bridgehead atoms. The van der Waals surface area contributed by atoms with Gasteiger partial charge in [0, 0.05) is 24.0 Å². The second kappa shape index (κ2) is 22.1. The Hall–Kier alpha value is -3.63. The second-order valence-corrected chi connectivity index (χ2v) is 22.9. The lowest BCUT2D eigenvalue weighted by Gasteiger charge is -2.39. The number of hydrogen-bond acceptors (Lipinski definition) is 11. The van der Waals surface area contributed by atoms with Crippen molar-refractivity contribution in [3.63, 3.8) is 0 Å². The molecule has 61 heavy (non-hydrogen) atoms.